The number of anilines is 1. The fourth-order valence-electron chi connectivity index (χ4n) is 1.56. The van der Waals surface area contributed by atoms with Crippen molar-refractivity contribution in [1.29, 1.82) is 0 Å². The molecule has 0 saturated heterocycles. The molecule has 0 spiro atoms. The molecule has 0 aromatic heterocycles. The van der Waals surface area contributed by atoms with Crippen LogP contribution in [0.3, 0.4) is 0 Å². The zero-order valence-corrected chi connectivity index (χ0v) is 10.5. The van der Waals surface area contributed by atoms with Gasteiger partial charge in [0.2, 0.25) is 0 Å². The van der Waals surface area contributed by atoms with E-state index in [1.807, 2.05) is 67.6 Å². The Morgan fingerprint density at radius 2 is 1.61 bits per heavy atom. The first-order valence-corrected chi connectivity index (χ1v) is 6.06. The van der Waals surface area contributed by atoms with Crippen molar-refractivity contribution in [1.82, 2.24) is 0 Å². The van der Waals surface area contributed by atoms with Crippen LogP contribution in [0.25, 0.3) is 0 Å². The Bertz CT molecular complexity index is 488. The molecule has 2 rings (SSSR count). The van der Waals surface area contributed by atoms with Gasteiger partial charge in [0.25, 0.3) is 0 Å². The lowest BCUT2D eigenvalue weighted by Crippen LogP contribution is -1.97. The number of ether oxygens (including phenoxy) is 1. The van der Waals surface area contributed by atoms with Crippen LogP contribution in [0.1, 0.15) is 6.92 Å². The minimum Gasteiger partial charge on any atom is -0.457 e. The molecule has 0 fully saturated rings. The lowest BCUT2D eigenvalue weighted by molar-refractivity contribution is 0.483. The normalized spacial score (nSPS) is 10.5. The van der Waals surface area contributed by atoms with Crippen molar-refractivity contribution < 1.29 is 4.74 Å². The Hall–Kier alpha value is -2.22. The van der Waals surface area contributed by atoms with Gasteiger partial charge in [-0.15, -0.1) is 0 Å². The summed E-state index contributed by atoms with van der Waals surface area (Å²) in [7, 11) is 0. The van der Waals surface area contributed by atoms with Crippen LogP contribution >= 0.6 is 0 Å². The number of allylic oxidation sites excluding steroid dienone is 1. The predicted octanol–water partition coefficient (Wildman–Crippen LogP) is 4.47. The zero-order valence-electron chi connectivity index (χ0n) is 10.5. The fourth-order valence-corrected chi connectivity index (χ4v) is 1.56. The predicted molar refractivity (Wildman–Crippen MR) is 76.3 cm³/mol. The highest BCUT2D eigenvalue weighted by Gasteiger charge is 1.96. The van der Waals surface area contributed by atoms with Crippen LogP contribution in [0.5, 0.6) is 11.5 Å². The van der Waals surface area contributed by atoms with Gasteiger partial charge in [-0.3, -0.25) is 0 Å². The third-order valence-electron chi connectivity index (χ3n) is 2.49. The standard InChI is InChI=1S/C16H17NO/c1-2-3-13-17-14-9-11-16(12-10-14)18-15-7-5-4-6-8-15/h2-12,17H,13H2,1H3/b3-2+. The molecule has 0 atom stereocenters. The minimum absolute atomic E-state index is 0.843. The molecule has 0 aliphatic rings. The van der Waals surface area contributed by atoms with Crippen LogP contribution in [-0.2, 0) is 0 Å². The van der Waals surface area contributed by atoms with Crippen LogP contribution in [0.2, 0.25) is 0 Å². The molecule has 0 saturated carbocycles. The van der Waals surface area contributed by atoms with Crippen molar-refractivity contribution in [2.24, 2.45) is 0 Å². The average Bonchev–Trinajstić information content (AvgIpc) is 2.42. The highest BCUT2D eigenvalue weighted by Crippen LogP contribution is 2.22. The molecule has 0 aliphatic carbocycles. The third kappa shape index (κ3) is 3.67. The number of hydrogen-bond acceptors (Lipinski definition) is 2. The molecule has 2 heteroatoms. The summed E-state index contributed by atoms with van der Waals surface area (Å²) in [4.78, 5) is 0. The molecule has 0 aliphatic heterocycles. The molecule has 18 heavy (non-hydrogen) atoms. The molecule has 2 aromatic carbocycles. The summed E-state index contributed by atoms with van der Waals surface area (Å²) in [6.45, 7) is 2.86. The zero-order chi connectivity index (χ0) is 12.6. The van der Waals surface area contributed by atoms with E-state index in [-0.39, 0.29) is 0 Å². The van der Waals surface area contributed by atoms with Gasteiger partial charge in [0.05, 0.1) is 0 Å². The summed E-state index contributed by atoms with van der Waals surface area (Å²) in [6.07, 6.45) is 4.11. The molecule has 0 bridgehead atoms. The lowest BCUT2D eigenvalue weighted by Gasteiger charge is -2.07. The molecule has 2 aromatic rings. The van der Waals surface area contributed by atoms with E-state index in [0.29, 0.717) is 0 Å². The first-order valence-electron chi connectivity index (χ1n) is 6.06. The van der Waals surface area contributed by atoms with E-state index in [1.165, 1.54) is 0 Å². The Labute approximate surface area is 108 Å². The number of benzene rings is 2. The summed E-state index contributed by atoms with van der Waals surface area (Å²) >= 11 is 0. The Kier molecular flexibility index (Phi) is 4.42. The molecule has 1 N–H and O–H groups in total. The van der Waals surface area contributed by atoms with Gasteiger partial charge in [0.15, 0.2) is 0 Å². The van der Waals surface area contributed by atoms with Gasteiger partial charge in [-0.2, -0.15) is 0 Å². The van der Waals surface area contributed by atoms with E-state index in [2.05, 4.69) is 11.4 Å². The first-order chi connectivity index (χ1) is 8.88. The maximum absolute atomic E-state index is 5.72. The maximum atomic E-state index is 5.72. The van der Waals surface area contributed by atoms with E-state index in [9.17, 15) is 0 Å². The van der Waals surface area contributed by atoms with E-state index in [1.54, 1.807) is 0 Å². The minimum atomic E-state index is 0.843. The SMILES string of the molecule is C/C=C/CNc1ccc(Oc2ccccc2)cc1. The lowest BCUT2D eigenvalue weighted by atomic mass is 10.3. The van der Waals surface area contributed by atoms with E-state index < -0.39 is 0 Å². The number of para-hydroxylation sites is 1. The van der Waals surface area contributed by atoms with Gasteiger partial charge in [0.1, 0.15) is 11.5 Å². The van der Waals surface area contributed by atoms with E-state index >= 15 is 0 Å². The van der Waals surface area contributed by atoms with Crippen LogP contribution in [0.4, 0.5) is 5.69 Å². The summed E-state index contributed by atoms with van der Waals surface area (Å²) in [5.74, 6) is 1.70. The van der Waals surface area contributed by atoms with E-state index in [0.717, 1.165) is 23.7 Å². The van der Waals surface area contributed by atoms with Gasteiger partial charge in [-0.1, -0.05) is 30.4 Å². The van der Waals surface area contributed by atoms with Gasteiger partial charge in [-0.25, -0.2) is 0 Å². The average molecular weight is 239 g/mol. The molecular weight excluding hydrogens is 222 g/mol. The maximum Gasteiger partial charge on any atom is 0.127 e. The molecule has 2 nitrogen and oxygen atoms in total. The smallest absolute Gasteiger partial charge is 0.127 e. The van der Waals surface area contributed by atoms with Crippen molar-refractivity contribution in [3.63, 3.8) is 0 Å². The summed E-state index contributed by atoms with van der Waals surface area (Å²) in [5.41, 5.74) is 1.09. The van der Waals surface area contributed by atoms with Crippen molar-refractivity contribution in [2.45, 2.75) is 6.92 Å². The second kappa shape index (κ2) is 6.50. The van der Waals surface area contributed by atoms with Crippen molar-refractivity contribution in [2.75, 3.05) is 11.9 Å². The van der Waals surface area contributed by atoms with Crippen LogP contribution in [0, 0.1) is 0 Å². The molecule has 0 amide bonds. The van der Waals surface area contributed by atoms with Crippen LogP contribution < -0.4 is 10.1 Å². The molecule has 92 valence electrons. The van der Waals surface area contributed by atoms with E-state index in [4.69, 9.17) is 4.74 Å². The molecule has 0 unspecified atom stereocenters. The first kappa shape index (κ1) is 12.2. The molecular formula is C16H17NO. The topological polar surface area (TPSA) is 21.3 Å². The Morgan fingerprint density at radius 1 is 0.944 bits per heavy atom. The Morgan fingerprint density at radius 3 is 2.28 bits per heavy atom. The van der Waals surface area contributed by atoms with Gasteiger partial charge in [0, 0.05) is 12.2 Å². The number of hydrogen-bond donors (Lipinski definition) is 1. The second-order valence-corrected chi connectivity index (χ2v) is 3.89. The Balaban J connectivity index is 1.95. The van der Waals surface area contributed by atoms with Gasteiger partial charge < -0.3 is 10.1 Å². The third-order valence-corrected chi connectivity index (χ3v) is 2.49. The van der Waals surface area contributed by atoms with Gasteiger partial charge in [-0.05, 0) is 43.3 Å². The molecule has 0 heterocycles. The number of rotatable bonds is 5. The second-order valence-electron chi connectivity index (χ2n) is 3.89. The monoisotopic (exact) mass is 239 g/mol. The molecule has 0 radical (unpaired) electrons. The number of nitrogens with one attached hydrogen (secondary N) is 1. The fraction of sp³-hybridized carbons (Fsp3) is 0.125. The van der Waals surface area contributed by atoms with Crippen LogP contribution in [-0.4, -0.2) is 6.54 Å². The quantitative estimate of drug-likeness (QED) is 0.777. The van der Waals surface area contributed by atoms with Crippen molar-refractivity contribution in [3.05, 3.63) is 66.7 Å². The highest BCUT2D eigenvalue weighted by molar-refractivity contribution is 5.47. The summed E-state index contributed by atoms with van der Waals surface area (Å²) in [6, 6.07) is 17.7. The van der Waals surface area contributed by atoms with Crippen molar-refractivity contribution >= 4 is 5.69 Å². The van der Waals surface area contributed by atoms with Crippen LogP contribution in [0.15, 0.2) is 66.7 Å². The highest BCUT2D eigenvalue weighted by atomic mass is 16.5. The summed E-state index contributed by atoms with van der Waals surface area (Å²) in [5, 5.41) is 3.29. The van der Waals surface area contributed by atoms with Gasteiger partial charge >= 0.3 is 0 Å². The summed E-state index contributed by atoms with van der Waals surface area (Å²) < 4.78 is 5.72. The largest absolute Gasteiger partial charge is 0.457 e. The van der Waals surface area contributed by atoms with Crippen molar-refractivity contribution in [3.8, 4) is 11.5 Å².